The largest absolute Gasteiger partial charge is 0.481 e. The van der Waals surface area contributed by atoms with E-state index in [0.29, 0.717) is 31.1 Å². The zero-order valence-corrected chi connectivity index (χ0v) is 28.2. The van der Waals surface area contributed by atoms with E-state index in [1.54, 1.807) is 36.4 Å². The van der Waals surface area contributed by atoms with Gasteiger partial charge in [-0.3, -0.25) is 34.2 Å². The van der Waals surface area contributed by atoms with Crippen LogP contribution < -0.4 is 43.4 Å². The van der Waals surface area contributed by atoms with Crippen LogP contribution in [-0.2, 0) is 33.6 Å². The van der Waals surface area contributed by atoms with Gasteiger partial charge in [-0.1, -0.05) is 42.5 Å². The van der Waals surface area contributed by atoms with Crippen LogP contribution in [0, 0.1) is 5.41 Å². The molecule has 1 rings (SSSR count). The standard InChI is InChI=1S/C31H47N9O8S/c1-19(42)37-25(16-26(43)44)30(48)40-24(13-12-20-8-3-2-4-9-20)29(47)39-23(11-5-6-14-35-27(45)22(32)18-49)28(46)38-21(17-41)10-7-15-36-31(33)34/h2-4,8-9,12-13,17,21-25,49H,5-7,10-11,14-16,18,32H2,1H3,(H,35,45)(H,37,42)(H,38,46)(H,39,47)(H,40,48)(H,43,44)(H4,33,34,36)/b13-12+/t21-,22?,23?,24?,25-/m0/s1. The molecular formula is C31H47N9O8S. The van der Waals surface area contributed by atoms with E-state index in [4.69, 9.17) is 16.9 Å². The van der Waals surface area contributed by atoms with Gasteiger partial charge in [0.15, 0.2) is 5.96 Å². The Hall–Kier alpha value is -4.97. The number of benzene rings is 1. The second-order valence-corrected chi connectivity index (χ2v) is 11.3. The van der Waals surface area contributed by atoms with Crippen LogP contribution in [0.25, 0.3) is 6.08 Å². The molecule has 0 fully saturated rings. The summed E-state index contributed by atoms with van der Waals surface area (Å²) >= 11 is 3.99. The van der Waals surface area contributed by atoms with Crippen molar-refractivity contribution >= 4 is 66.5 Å². The first-order valence-corrected chi connectivity index (χ1v) is 16.2. The second-order valence-electron chi connectivity index (χ2n) is 11.0. The van der Waals surface area contributed by atoms with Gasteiger partial charge in [-0.05, 0) is 37.7 Å². The molecule has 17 nitrogen and oxygen atoms in total. The number of carboxylic acid groups (broad SMARTS) is 1. The van der Waals surface area contributed by atoms with E-state index in [-0.39, 0.29) is 37.6 Å². The van der Waals surface area contributed by atoms with Crippen molar-refractivity contribution in [1.29, 1.82) is 5.41 Å². The van der Waals surface area contributed by atoms with Crippen molar-refractivity contribution in [2.24, 2.45) is 11.5 Å². The summed E-state index contributed by atoms with van der Waals surface area (Å²) in [5.41, 5.74) is 11.6. The van der Waals surface area contributed by atoms with E-state index >= 15 is 0 Å². The van der Waals surface area contributed by atoms with Crippen LogP contribution in [0.4, 0.5) is 0 Å². The third-order valence-corrected chi connectivity index (χ3v) is 7.21. The highest BCUT2D eigenvalue weighted by atomic mass is 32.1. The Morgan fingerprint density at radius 3 is 2.10 bits per heavy atom. The lowest BCUT2D eigenvalue weighted by molar-refractivity contribution is -0.140. The molecule has 0 saturated heterocycles. The van der Waals surface area contributed by atoms with Gasteiger partial charge in [0.1, 0.15) is 24.4 Å². The molecule has 0 radical (unpaired) electrons. The highest BCUT2D eigenvalue weighted by Crippen LogP contribution is 2.07. The molecule has 3 unspecified atom stereocenters. The fraction of sp³-hybridized carbons (Fsp3) is 0.484. The summed E-state index contributed by atoms with van der Waals surface area (Å²) in [5, 5.41) is 31.6. The Bertz CT molecular complexity index is 1300. The predicted molar refractivity (Wildman–Crippen MR) is 185 cm³/mol. The maximum atomic E-state index is 13.6. The zero-order chi connectivity index (χ0) is 36.8. The molecule has 49 heavy (non-hydrogen) atoms. The van der Waals surface area contributed by atoms with Crippen molar-refractivity contribution in [3.8, 4) is 0 Å². The summed E-state index contributed by atoms with van der Waals surface area (Å²) in [5.74, 6) is -4.98. The molecule has 0 aliphatic heterocycles. The Balaban J connectivity index is 3.22. The van der Waals surface area contributed by atoms with E-state index < -0.39 is 72.1 Å². The Labute approximate surface area is 290 Å². The molecule has 0 aromatic heterocycles. The number of nitrogens with two attached hydrogens (primary N) is 2. The number of hydrogen-bond donors (Lipinski definition) is 11. The number of unbranched alkanes of at least 4 members (excludes halogenated alkanes) is 1. The highest BCUT2D eigenvalue weighted by Gasteiger charge is 2.30. The minimum atomic E-state index is -1.49. The van der Waals surface area contributed by atoms with E-state index in [0.717, 1.165) is 6.92 Å². The van der Waals surface area contributed by atoms with Gasteiger partial charge < -0.3 is 53.3 Å². The highest BCUT2D eigenvalue weighted by molar-refractivity contribution is 7.80. The SMILES string of the molecule is CC(=O)N[C@@H](CC(=O)O)C(=O)NC(/C=C/c1ccccc1)C(=O)NC(CCCCNC(=O)C(N)CS)C(=O)N[C@H](C=O)CCCNC(=N)N. The molecule has 1 aromatic rings. The van der Waals surface area contributed by atoms with Gasteiger partial charge in [0.25, 0.3) is 0 Å². The predicted octanol–water partition coefficient (Wildman–Crippen LogP) is -1.86. The van der Waals surface area contributed by atoms with Gasteiger partial charge in [-0.25, -0.2) is 0 Å². The van der Waals surface area contributed by atoms with E-state index in [1.807, 2.05) is 0 Å². The third kappa shape index (κ3) is 18.2. The van der Waals surface area contributed by atoms with Crippen LogP contribution in [0.3, 0.4) is 0 Å². The molecule has 5 amide bonds. The molecule has 18 heteroatoms. The molecule has 5 atom stereocenters. The lowest BCUT2D eigenvalue weighted by atomic mass is 10.1. The van der Waals surface area contributed by atoms with Gasteiger partial charge in [0, 0.05) is 25.8 Å². The van der Waals surface area contributed by atoms with Gasteiger partial charge in [-0.15, -0.1) is 0 Å². The van der Waals surface area contributed by atoms with Gasteiger partial charge in [-0.2, -0.15) is 12.6 Å². The summed E-state index contributed by atoms with van der Waals surface area (Å²) in [7, 11) is 0. The Kier molecular flexibility index (Phi) is 20.1. The summed E-state index contributed by atoms with van der Waals surface area (Å²) in [6.07, 6.45) is 4.08. The molecule has 0 aliphatic rings. The molecule has 0 spiro atoms. The van der Waals surface area contributed by atoms with Crippen LogP contribution >= 0.6 is 12.6 Å². The minimum absolute atomic E-state index is 0.0696. The number of hydrogen-bond acceptors (Lipinski definition) is 10. The number of carbonyl (C=O) groups excluding carboxylic acids is 6. The molecular weight excluding hydrogens is 658 g/mol. The molecule has 0 saturated carbocycles. The number of guanidine groups is 1. The molecule has 0 bridgehead atoms. The van der Waals surface area contributed by atoms with Crippen molar-refractivity contribution in [1.82, 2.24) is 31.9 Å². The van der Waals surface area contributed by atoms with Gasteiger partial charge in [0.05, 0.1) is 18.5 Å². The molecule has 0 heterocycles. The quantitative estimate of drug-likeness (QED) is 0.0197. The number of rotatable bonds is 23. The lowest BCUT2D eigenvalue weighted by Gasteiger charge is -2.24. The summed E-state index contributed by atoms with van der Waals surface area (Å²) in [6, 6.07) is 2.93. The monoisotopic (exact) mass is 705 g/mol. The number of amides is 5. The van der Waals surface area contributed by atoms with Crippen molar-refractivity contribution in [3.05, 3.63) is 42.0 Å². The number of carboxylic acids is 1. The first-order valence-electron chi connectivity index (χ1n) is 15.6. The third-order valence-electron chi connectivity index (χ3n) is 6.82. The fourth-order valence-electron chi connectivity index (χ4n) is 4.29. The molecule has 1 aromatic carbocycles. The average Bonchev–Trinajstić information content (AvgIpc) is 3.05. The van der Waals surface area contributed by atoms with Crippen molar-refractivity contribution < 1.29 is 38.7 Å². The maximum Gasteiger partial charge on any atom is 0.305 e. The number of nitrogens with one attached hydrogen (secondary N) is 7. The van der Waals surface area contributed by atoms with E-state index in [2.05, 4.69) is 44.5 Å². The summed E-state index contributed by atoms with van der Waals surface area (Å²) in [6.45, 7) is 1.63. The topological polar surface area (TPSA) is 288 Å². The van der Waals surface area contributed by atoms with Crippen LogP contribution in [0.2, 0.25) is 0 Å². The second kappa shape index (κ2) is 23.4. The molecule has 0 aliphatic carbocycles. The summed E-state index contributed by atoms with van der Waals surface area (Å²) in [4.78, 5) is 86.8. The van der Waals surface area contributed by atoms with Crippen molar-refractivity contribution in [2.75, 3.05) is 18.8 Å². The lowest BCUT2D eigenvalue weighted by Crippen LogP contribution is -2.57. The van der Waals surface area contributed by atoms with Crippen LogP contribution in [-0.4, -0.2) is 102 Å². The van der Waals surface area contributed by atoms with E-state index in [9.17, 15) is 38.7 Å². The van der Waals surface area contributed by atoms with Gasteiger partial charge in [0.2, 0.25) is 29.5 Å². The molecule has 12 N–H and O–H groups in total. The first-order chi connectivity index (χ1) is 23.3. The van der Waals surface area contributed by atoms with E-state index in [1.165, 1.54) is 6.08 Å². The fourth-order valence-corrected chi connectivity index (χ4v) is 4.45. The van der Waals surface area contributed by atoms with Crippen molar-refractivity contribution in [2.45, 2.75) is 75.7 Å². The smallest absolute Gasteiger partial charge is 0.305 e. The Morgan fingerprint density at radius 2 is 1.51 bits per heavy atom. The number of thiol groups is 1. The van der Waals surface area contributed by atoms with Crippen LogP contribution in [0.1, 0.15) is 51.0 Å². The normalized spacial score (nSPS) is 13.9. The van der Waals surface area contributed by atoms with Gasteiger partial charge >= 0.3 is 5.97 Å². The zero-order valence-electron chi connectivity index (χ0n) is 27.3. The maximum absolute atomic E-state index is 13.6. The minimum Gasteiger partial charge on any atom is -0.481 e. The van der Waals surface area contributed by atoms with Crippen LogP contribution in [0.5, 0.6) is 0 Å². The molecule has 270 valence electrons. The van der Waals surface area contributed by atoms with Crippen molar-refractivity contribution in [3.63, 3.8) is 0 Å². The first kappa shape index (κ1) is 42.1. The average molecular weight is 706 g/mol. The summed E-state index contributed by atoms with van der Waals surface area (Å²) < 4.78 is 0. The number of carbonyl (C=O) groups is 7. The Morgan fingerprint density at radius 1 is 0.857 bits per heavy atom. The number of aldehydes is 1. The number of aliphatic carboxylic acids is 1. The van der Waals surface area contributed by atoms with Crippen LogP contribution in [0.15, 0.2) is 36.4 Å².